The quantitative estimate of drug-likeness (QED) is 0.340. The van der Waals surface area contributed by atoms with Gasteiger partial charge in [0.2, 0.25) is 0 Å². The van der Waals surface area contributed by atoms with Crippen LogP contribution in [0.1, 0.15) is 50.8 Å². The van der Waals surface area contributed by atoms with E-state index < -0.39 is 17.7 Å². The van der Waals surface area contributed by atoms with Gasteiger partial charge in [-0.1, -0.05) is 48.8 Å². The number of hydrogen-bond acceptors (Lipinski definition) is 8. The van der Waals surface area contributed by atoms with E-state index in [1.807, 2.05) is 13.8 Å². The summed E-state index contributed by atoms with van der Waals surface area (Å²) < 4.78 is 5.13. The van der Waals surface area contributed by atoms with Crippen molar-refractivity contribution in [2.75, 3.05) is 18.4 Å². The number of hydrogen-bond donors (Lipinski definition) is 3. The lowest BCUT2D eigenvalue weighted by Gasteiger charge is -2.19. The number of halogens is 2. The summed E-state index contributed by atoms with van der Waals surface area (Å²) in [7, 11) is 0. The third-order valence-corrected chi connectivity index (χ3v) is 5.35. The van der Waals surface area contributed by atoms with E-state index in [4.69, 9.17) is 27.9 Å². The average Bonchev–Trinajstić information content (AvgIpc) is 2.70. The molecule has 2 heterocycles. The molecule has 3 N–H and O–H groups in total. The molecule has 1 amide bonds. The van der Waals surface area contributed by atoms with Crippen LogP contribution in [0.15, 0.2) is 22.2 Å². The molecule has 12 heteroatoms. The van der Waals surface area contributed by atoms with E-state index in [9.17, 15) is 14.7 Å². The van der Waals surface area contributed by atoms with Crippen LogP contribution >= 0.6 is 35.0 Å². The van der Waals surface area contributed by atoms with Gasteiger partial charge in [0.25, 0.3) is 0 Å². The first-order valence-corrected chi connectivity index (χ1v) is 11.4. The van der Waals surface area contributed by atoms with Crippen LogP contribution in [0.5, 0.6) is 0 Å². The molecular formula is C20H27Cl2N5O4S. The number of ether oxygens (including phenoxy) is 1. The maximum atomic E-state index is 11.7. The van der Waals surface area contributed by atoms with Crippen LogP contribution < -0.4 is 10.6 Å². The number of carbonyl (C=O) groups excluding carboxylic acids is 1. The van der Waals surface area contributed by atoms with Crippen LogP contribution in [0.2, 0.25) is 10.2 Å². The number of carboxylic acid groups (broad SMARTS) is 1. The van der Waals surface area contributed by atoms with E-state index in [2.05, 4.69) is 25.6 Å². The van der Waals surface area contributed by atoms with Gasteiger partial charge >= 0.3 is 12.1 Å². The van der Waals surface area contributed by atoms with Gasteiger partial charge in [-0.2, -0.15) is 0 Å². The first-order chi connectivity index (χ1) is 15.0. The Morgan fingerprint density at radius 2 is 1.84 bits per heavy atom. The molecule has 9 nitrogen and oxygen atoms in total. The molecule has 0 saturated carbocycles. The van der Waals surface area contributed by atoms with Crippen molar-refractivity contribution in [1.29, 1.82) is 0 Å². The number of pyridine rings is 1. The van der Waals surface area contributed by atoms with E-state index in [1.54, 1.807) is 33.8 Å². The topological polar surface area (TPSA) is 126 Å². The van der Waals surface area contributed by atoms with Crippen molar-refractivity contribution in [3.8, 4) is 0 Å². The zero-order valence-electron chi connectivity index (χ0n) is 18.7. The molecule has 0 bridgehead atoms. The Morgan fingerprint density at radius 1 is 1.19 bits per heavy atom. The molecule has 32 heavy (non-hydrogen) atoms. The zero-order chi connectivity index (χ0) is 24.5. The van der Waals surface area contributed by atoms with Crippen molar-refractivity contribution in [2.45, 2.75) is 57.1 Å². The van der Waals surface area contributed by atoms with Crippen LogP contribution in [0.3, 0.4) is 0 Å². The molecule has 0 spiro atoms. The molecule has 0 atom stereocenters. The van der Waals surface area contributed by atoms with E-state index >= 15 is 0 Å². The summed E-state index contributed by atoms with van der Waals surface area (Å²) in [5, 5.41) is 15.7. The number of aromatic carboxylic acids is 1. The lowest BCUT2D eigenvalue weighted by atomic mass is 10.2. The first kappa shape index (κ1) is 27.7. The maximum absolute atomic E-state index is 11.7. The van der Waals surface area contributed by atoms with Crippen molar-refractivity contribution in [3.05, 3.63) is 33.8 Å². The lowest BCUT2D eigenvalue weighted by molar-refractivity contribution is 0.0529. The number of aromatic nitrogens is 3. The second-order valence-corrected chi connectivity index (χ2v) is 8.75. The molecular weight excluding hydrogens is 477 g/mol. The second-order valence-electron chi connectivity index (χ2n) is 6.99. The average molecular weight is 504 g/mol. The zero-order valence-corrected chi connectivity index (χ0v) is 21.1. The summed E-state index contributed by atoms with van der Waals surface area (Å²) >= 11 is 13.2. The van der Waals surface area contributed by atoms with Gasteiger partial charge in [-0.05, 0) is 33.8 Å². The Hall–Kier alpha value is -2.30. The number of rotatable bonds is 7. The predicted octanol–water partition coefficient (Wildman–Crippen LogP) is 5.30. The molecule has 0 aliphatic carbocycles. The van der Waals surface area contributed by atoms with E-state index in [0.29, 0.717) is 15.6 Å². The highest BCUT2D eigenvalue weighted by Crippen LogP contribution is 2.36. The number of anilines is 1. The minimum absolute atomic E-state index is 0.0918. The maximum Gasteiger partial charge on any atom is 0.407 e. The fourth-order valence-corrected chi connectivity index (χ4v) is 3.41. The Kier molecular flexibility index (Phi) is 11.0. The van der Waals surface area contributed by atoms with Gasteiger partial charge in [0.05, 0.1) is 10.7 Å². The second kappa shape index (κ2) is 12.7. The van der Waals surface area contributed by atoms with Crippen molar-refractivity contribution < 1.29 is 19.4 Å². The molecule has 2 aromatic heterocycles. The van der Waals surface area contributed by atoms with Gasteiger partial charge in [-0.3, -0.25) is 0 Å². The van der Waals surface area contributed by atoms with Crippen LogP contribution in [0.4, 0.5) is 10.6 Å². The smallest absolute Gasteiger partial charge is 0.407 e. The molecule has 0 fully saturated rings. The molecule has 0 unspecified atom stereocenters. The largest absolute Gasteiger partial charge is 0.476 e. The van der Waals surface area contributed by atoms with E-state index in [-0.39, 0.29) is 34.8 Å². The van der Waals surface area contributed by atoms with Gasteiger partial charge in [0.1, 0.15) is 15.8 Å². The monoisotopic (exact) mass is 503 g/mol. The standard InChI is InChI=1S/C18H21Cl2N5O4S.C2H6/c1-9-15(30-10-5-6-21-13(20)11(10)19)25-12(16(26)27)14(24-9)22-7-8-23-17(28)29-18(2,3)4;1-2/h5-6H,7-8H2,1-4H3,(H,22,24)(H,23,28)(H,26,27);1-2H3. The molecule has 0 aliphatic rings. The number of carbonyl (C=O) groups is 2. The first-order valence-electron chi connectivity index (χ1n) is 9.78. The highest BCUT2D eigenvalue weighted by Gasteiger charge is 2.19. The third-order valence-electron chi connectivity index (χ3n) is 3.33. The number of carboxylic acids is 1. The number of nitrogens with zero attached hydrogens (tertiary/aromatic N) is 3. The van der Waals surface area contributed by atoms with E-state index in [1.165, 1.54) is 6.20 Å². The Morgan fingerprint density at radius 3 is 2.44 bits per heavy atom. The summed E-state index contributed by atoms with van der Waals surface area (Å²) in [5.74, 6) is -1.15. The number of aryl methyl sites for hydroxylation is 1. The van der Waals surface area contributed by atoms with Crippen molar-refractivity contribution in [2.24, 2.45) is 0 Å². The fraction of sp³-hybridized carbons (Fsp3) is 0.450. The van der Waals surface area contributed by atoms with Crippen LogP contribution in [0.25, 0.3) is 0 Å². The molecule has 176 valence electrons. The molecule has 2 rings (SSSR count). The minimum Gasteiger partial charge on any atom is -0.476 e. The van der Waals surface area contributed by atoms with Gasteiger partial charge in [0, 0.05) is 24.2 Å². The third kappa shape index (κ3) is 8.68. The molecule has 0 radical (unpaired) electrons. The highest BCUT2D eigenvalue weighted by atomic mass is 35.5. The van der Waals surface area contributed by atoms with Crippen LogP contribution in [-0.2, 0) is 4.74 Å². The summed E-state index contributed by atoms with van der Waals surface area (Å²) in [6.45, 7) is 11.4. The Bertz CT molecular complexity index is 954. The van der Waals surface area contributed by atoms with Crippen molar-refractivity contribution >= 4 is 52.8 Å². The minimum atomic E-state index is -1.24. The van der Waals surface area contributed by atoms with Crippen LogP contribution in [-0.4, -0.2) is 50.8 Å². The highest BCUT2D eigenvalue weighted by molar-refractivity contribution is 7.99. The van der Waals surface area contributed by atoms with E-state index in [0.717, 1.165) is 11.8 Å². The lowest BCUT2D eigenvalue weighted by Crippen LogP contribution is -2.35. The predicted molar refractivity (Wildman–Crippen MR) is 126 cm³/mol. The molecule has 0 aliphatic heterocycles. The van der Waals surface area contributed by atoms with Gasteiger partial charge in [-0.15, -0.1) is 0 Å². The number of nitrogens with one attached hydrogen (secondary N) is 2. The Labute approximate surface area is 201 Å². The van der Waals surface area contributed by atoms with Gasteiger partial charge < -0.3 is 20.5 Å². The number of alkyl carbamates (subject to hydrolysis) is 1. The molecule has 0 aromatic carbocycles. The van der Waals surface area contributed by atoms with Gasteiger partial charge in [0.15, 0.2) is 11.5 Å². The number of amides is 1. The van der Waals surface area contributed by atoms with Crippen molar-refractivity contribution in [1.82, 2.24) is 20.3 Å². The summed E-state index contributed by atoms with van der Waals surface area (Å²) in [4.78, 5) is 36.3. The van der Waals surface area contributed by atoms with Crippen molar-refractivity contribution in [3.63, 3.8) is 0 Å². The molecule has 2 aromatic rings. The SMILES string of the molecule is CC.Cc1nc(NCCNC(=O)OC(C)(C)C)c(C(=O)O)nc1Sc1ccnc(Cl)c1Cl. The summed E-state index contributed by atoms with van der Waals surface area (Å²) in [5.41, 5.74) is -0.361. The van der Waals surface area contributed by atoms with Crippen LogP contribution in [0, 0.1) is 6.92 Å². The summed E-state index contributed by atoms with van der Waals surface area (Å²) in [6, 6.07) is 1.65. The molecule has 0 saturated heterocycles. The van der Waals surface area contributed by atoms with Gasteiger partial charge in [-0.25, -0.2) is 24.5 Å². The normalized spacial score (nSPS) is 10.6. The summed E-state index contributed by atoms with van der Waals surface area (Å²) in [6.07, 6.45) is 0.926. The fourth-order valence-electron chi connectivity index (χ4n) is 2.12. The Balaban J connectivity index is 0.00000249.